The number of carbonyl (C=O) groups is 2. The van der Waals surface area contributed by atoms with Crippen LogP contribution in [-0.2, 0) is 18.0 Å². The molecule has 0 radical (unpaired) electrons. The van der Waals surface area contributed by atoms with Crippen molar-refractivity contribution in [1.82, 2.24) is 0 Å². The van der Waals surface area contributed by atoms with Crippen molar-refractivity contribution in [3.05, 3.63) is 30.3 Å². The second-order valence-electron chi connectivity index (χ2n) is 3.82. The highest BCUT2D eigenvalue weighted by Crippen LogP contribution is 2.56. The van der Waals surface area contributed by atoms with Crippen LogP contribution in [-0.4, -0.2) is 30.5 Å². The highest BCUT2D eigenvalue weighted by atomic mass is 32.3. The van der Waals surface area contributed by atoms with E-state index < -0.39 is 34.9 Å². The minimum absolute atomic E-state index is 0.301. The van der Waals surface area contributed by atoms with Gasteiger partial charge in [0.2, 0.25) is 0 Å². The van der Waals surface area contributed by atoms with Crippen LogP contribution < -0.4 is 0 Å². The van der Waals surface area contributed by atoms with Crippen LogP contribution in [0.1, 0.15) is 0 Å². The minimum atomic E-state index is -5.45. The van der Waals surface area contributed by atoms with Gasteiger partial charge in [-0.15, -0.1) is 0 Å². The van der Waals surface area contributed by atoms with E-state index in [0.29, 0.717) is 6.26 Å². The summed E-state index contributed by atoms with van der Waals surface area (Å²) in [6.45, 7) is 0. The van der Waals surface area contributed by atoms with Crippen molar-refractivity contribution in [3.63, 3.8) is 0 Å². The van der Waals surface area contributed by atoms with Crippen LogP contribution in [0.25, 0.3) is 0 Å². The second-order valence-corrected chi connectivity index (χ2v) is 6.17. The van der Waals surface area contributed by atoms with E-state index in [1.165, 1.54) is 18.2 Å². The van der Waals surface area contributed by atoms with E-state index in [9.17, 15) is 35.9 Å². The molecule has 0 unspecified atom stereocenters. The lowest BCUT2D eigenvalue weighted by molar-refractivity contribution is -0.193. The molecule has 0 atom stereocenters. The highest BCUT2D eigenvalue weighted by Gasteiger charge is 2.48. The molecular formula is C11H8F6O4S. The Morgan fingerprint density at radius 3 is 1.55 bits per heavy atom. The summed E-state index contributed by atoms with van der Waals surface area (Å²) in [4.78, 5) is 21.5. The van der Waals surface area contributed by atoms with Crippen LogP contribution in [0, 0.1) is 0 Å². The van der Waals surface area contributed by atoms with Crippen molar-refractivity contribution < 1.29 is 44.3 Å². The molecule has 22 heavy (non-hydrogen) atoms. The fraction of sp³-hybridized carbons (Fsp3) is 0.273. The van der Waals surface area contributed by atoms with E-state index in [-0.39, 0.29) is 4.90 Å². The molecule has 0 amide bonds. The van der Waals surface area contributed by atoms with Crippen molar-refractivity contribution in [2.24, 2.45) is 0 Å². The van der Waals surface area contributed by atoms with E-state index in [4.69, 9.17) is 0 Å². The van der Waals surface area contributed by atoms with Crippen molar-refractivity contribution >= 4 is 22.5 Å². The molecule has 0 fully saturated rings. The summed E-state index contributed by atoms with van der Waals surface area (Å²) in [7, 11) is -3.92. The molecule has 1 aromatic rings. The van der Waals surface area contributed by atoms with Gasteiger partial charge in [0.05, 0.1) is 11.2 Å². The van der Waals surface area contributed by atoms with E-state index in [0.717, 1.165) is 12.1 Å². The molecular weight excluding hydrogens is 342 g/mol. The quantitative estimate of drug-likeness (QED) is 0.783. The van der Waals surface area contributed by atoms with E-state index >= 15 is 0 Å². The van der Waals surface area contributed by atoms with Crippen LogP contribution in [0.5, 0.6) is 0 Å². The number of rotatable bonds is 3. The molecule has 0 aromatic heterocycles. The molecule has 11 heteroatoms. The van der Waals surface area contributed by atoms with Crippen molar-refractivity contribution in [2.45, 2.75) is 17.2 Å². The van der Waals surface area contributed by atoms with Gasteiger partial charge in [-0.25, -0.2) is 9.59 Å². The molecule has 0 bridgehead atoms. The first-order valence-corrected chi connectivity index (χ1v) is 7.20. The lowest BCUT2D eigenvalue weighted by Gasteiger charge is -2.37. The Kier molecular flexibility index (Phi) is 5.00. The van der Waals surface area contributed by atoms with Crippen molar-refractivity contribution in [1.29, 1.82) is 0 Å². The number of carbonyl (C=O) groups excluding carboxylic acids is 2. The Labute approximate surface area is 121 Å². The predicted octanol–water partition coefficient (Wildman–Crippen LogP) is 3.52. The summed E-state index contributed by atoms with van der Waals surface area (Å²) in [5.41, 5.74) is 0. The summed E-state index contributed by atoms with van der Waals surface area (Å²) < 4.78 is 81.5. The lowest BCUT2D eigenvalue weighted by Crippen LogP contribution is -2.31. The van der Waals surface area contributed by atoms with E-state index in [1.54, 1.807) is 0 Å². The lowest BCUT2D eigenvalue weighted by atomic mass is 10.4. The minimum Gasteiger partial charge on any atom is -0.332 e. The largest absolute Gasteiger partial charge is 0.492 e. The van der Waals surface area contributed by atoms with Crippen LogP contribution >= 0.6 is 10.6 Å². The van der Waals surface area contributed by atoms with Crippen LogP contribution in [0.2, 0.25) is 0 Å². The fourth-order valence-electron chi connectivity index (χ4n) is 1.16. The van der Waals surface area contributed by atoms with Gasteiger partial charge in [-0.2, -0.15) is 26.3 Å². The number of halogens is 6. The van der Waals surface area contributed by atoms with Gasteiger partial charge in [0.1, 0.15) is 0 Å². The average molecular weight is 350 g/mol. The van der Waals surface area contributed by atoms with Gasteiger partial charge in [-0.05, 0) is 12.1 Å². The van der Waals surface area contributed by atoms with Crippen molar-refractivity contribution in [2.75, 3.05) is 6.26 Å². The van der Waals surface area contributed by atoms with Crippen LogP contribution in [0.4, 0.5) is 26.3 Å². The second kappa shape index (κ2) is 6.07. The molecule has 0 spiro atoms. The van der Waals surface area contributed by atoms with Crippen LogP contribution in [0.15, 0.2) is 35.2 Å². The third kappa shape index (κ3) is 4.55. The molecule has 1 rings (SSSR count). The first kappa shape index (κ1) is 18.1. The van der Waals surface area contributed by atoms with Crippen LogP contribution in [0.3, 0.4) is 0 Å². The zero-order chi connectivity index (χ0) is 17.2. The van der Waals surface area contributed by atoms with Gasteiger partial charge in [0, 0.05) is 0 Å². The summed E-state index contributed by atoms with van der Waals surface area (Å²) in [5, 5.41) is 0. The molecule has 1 aromatic carbocycles. The topological polar surface area (TPSA) is 52.6 Å². The summed E-state index contributed by atoms with van der Waals surface area (Å²) in [6, 6.07) is 6.10. The third-order valence-electron chi connectivity index (χ3n) is 2.10. The predicted molar refractivity (Wildman–Crippen MR) is 62.5 cm³/mol. The first-order valence-electron chi connectivity index (χ1n) is 5.31. The zero-order valence-corrected chi connectivity index (χ0v) is 11.5. The number of hydrogen-bond donors (Lipinski definition) is 0. The number of hydrogen-bond acceptors (Lipinski definition) is 4. The van der Waals surface area contributed by atoms with Gasteiger partial charge in [-0.1, -0.05) is 28.8 Å². The van der Waals surface area contributed by atoms with E-state index in [2.05, 4.69) is 8.37 Å². The standard InChI is InChI=1S/C11H8F6O4S/c1-22(7-5-3-2-4-6-7,20-8(18)10(12,13)14)21-9(19)11(15,16)17/h2-6H,1H3. The highest BCUT2D eigenvalue weighted by molar-refractivity contribution is 8.25. The van der Waals surface area contributed by atoms with Gasteiger partial charge >= 0.3 is 24.3 Å². The molecule has 0 aliphatic carbocycles. The molecule has 0 heterocycles. The molecule has 0 saturated heterocycles. The molecule has 0 aliphatic rings. The summed E-state index contributed by atoms with van der Waals surface area (Å²) in [6.07, 6.45) is -10.2. The Hall–Kier alpha value is -1.91. The van der Waals surface area contributed by atoms with Gasteiger partial charge < -0.3 is 8.37 Å². The maximum Gasteiger partial charge on any atom is 0.492 e. The Bertz CT molecular complexity index is 526. The summed E-state index contributed by atoms with van der Waals surface area (Å²) >= 11 is 0. The molecule has 0 N–H and O–H groups in total. The average Bonchev–Trinajstić information content (AvgIpc) is 2.37. The number of alkyl halides is 6. The number of benzene rings is 1. The van der Waals surface area contributed by atoms with Gasteiger partial charge in [0.25, 0.3) is 0 Å². The smallest absolute Gasteiger partial charge is 0.332 e. The summed E-state index contributed by atoms with van der Waals surface area (Å²) in [5.74, 6) is -5.52. The molecule has 0 saturated carbocycles. The van der Waals surface area contributed by atoms with E-state index in [1.807, 2.05) is 0 Å². The molecule has 124 valence electrons. The zero-order valence-electron chi connectivity index (χ0n) is 10.7. The SMILES string of the molecule is CS(OC(=O)C(F)(F)F)(OC(=O)C(F)(F)F)c1ccccc1. The fourth-order valence-corrected chi connectivity index (χ4v) is 2.81. The molecule has 4 nitrogen and oxygen atoms in total. The Balaban J connectivity index is 3.16. The Morgan fingerprint density at radius 2 is 1.23 bits per heavy atom. The maximum atomic E-state index is 12.2. The van der Waals surface area contributed by atoms with Crippen molar-refractivity contribution in [3.8, 4) is 0 Å². The van der Waals surface area contributed by atoms with Gasteiger partial charge in [0.15, 0.2) is 0 Å². The third-order valence-corrected chi connectivity index (χ3v) is 4.17. The Morgan fingerprint density at radius 1 is 0.864 bits per heavy atom. The normalized spacial score (nSPS) is 13.4. The molecule has 0 aliphatic heterocycles. The maximum absolute atomic E-state index is 12.2. The monoisotopic (exact) mass is 350 g/mol. The first-order chi connectivity index (χ1) is 9.86. The van der Waals surface area contributed by atoms with Gasteiger partial charge in [-0.3, -0.25) is 0 Å².